The normalized spacial score (nSPS) is 11.5. The molecule has 0 saturated carbocycles. The van der Waals surface area contributed by atoms with E-state index in [1.165, 1.54) is 12.0 Å². The molecule has 2 N–H and O–H groups in total. The molecule has 0 unspecified atom stereocenters. The molecule has 0 aliphatic carbocycles. The van der Waals surface area contributed by atoms with Crippen LogP contribution in [-0.2, 0) is 11.3 Å². The first-order chi connectivity index (χ1) is 10.3. The molecule has 0 fully saturated rings. The Hall–Kier alpha value is -1.55. The van der Waals surface area contributed by atoms with Crippen molar-refractivity contribution in [2.24, 2.45) is 5.92 Å². The predicted octanol–water partition coefficient (Wildman–Crippen LogP) is 3.12. The Labute approximate surface area is 134 Å². The lowest BCUT2D eigenvalue weighted by atomic mass is 10.1. The molecule has 0 saturated heterocycles. The predicted molar refractivity (Wildman–Crippen MR) is 91.0 cm³/mol. The molecule has 0 heterocycles. The van der Waals surface area contributed by atoms with Gasteiger partial charge in [0.05, 0.1) is 0 Å². The van der Waals surface area contributed by atoms with E-state index < -0.39 is 0 Å². The number of rotatable bonds is 8. The van der Waals surface area contributed by atoms with Gasteiger partial charge in [-0.2, -0.15) is 0 Å². The van der Waals surface area contributed by atoms with Crippen LogP contribution in [0, 0.1) is 5.92 Å². The molecule has 1 amide bonds. The Morgan fingerprint density at radius 3 is 2.36 bits per heavy atom. The molecule has 1 aromatic rings. The molecule has 0 aliphatic rings. The SMILES string of the molecule is CC(C)CCNCc1ccc(OCC(=O)NC(C)(C)C)cc1. The largest absolute Gasteiger partial charge is 0.484 e. The van der Waals surface area contributed by atoms with Crippen LogP contribution in [0.5, 0.6) is 5.75 Å². The number of ether oxygens (including phenoxy) is 1. The third kappa shape index (κ3) is 8.67. The summed E-state index contributed by atoms with van der Waals surface area (Å²) in [5, 5.41) is 6.29. The van der Waals surface area contributed by atoms with Crippen LogP contribution in [0.15, 0.2) is 24.3 Å². The second-order valence-corrected chi connectivity index (χ2v) is 7.09. The summed E-state index contributed by atoms with van der Waals surface area (Å²) in [5.41, 5.74) is 0.988. The van der Waals surface area contributed by atoms with Gasteiger partial charge in [0.1, 0.15) is 5.75 Å². The zero-order chi connectivity index (χ0) is 16.6. The maximum atomic E-state index is 11.7. The summed E-state index contributed by atoms with van der Waals surface area (Å²) in [6.07, 6.45) is 1.18. The minimum Gasteiger partial charge on any atom is -0.484 e. The lowest BCUT2D eigenvalue weighted by Gasteiger charge is -2.20. The van der Waals surface area contributed by atoms with E-state index in [1.54, 1.807) is 0 Å². The van der Waals surface area contributed by atoms with E-state index in [0.717, 1.165) is 24.8 Å². The highest BCUT2D eigenvalue weighted by Crippen LogP contribution is 2.12. The first-order valence-corrected chi connectivity index (χ1v) is 8.00. The number of benzene rings is 1. The van der Waals surface area contributed by atoms with E-state index in [0.29, 0.717) is 0 Å². The van der Waals surface area contributed by atoms with E-state index >= 15 is 0 Å². The smallest absolute Gasteiger partial charge is 0.258 e. The molecule has 0 bridgehead atoms. The lowest BCUT2D eigenvalue weighted by Crippen LogP contribution is -2.43. The number of hydrogen-bond acceptors (Lipinski definition) is 3. The molecule has 4 heteroatoms. The summed E-state index contributed by atoms with van der Waals surface area (Å²) >= 11 is 0. The number of amides is 1. The van der Waals surface area contributed by atoms with E-state index in [2.05, 4.69) is 24.5 Å². The number of carbonyl (C=O) groups excluding carboxylic acids is 1. The van der Waals surface area contributed by atoms with Crippen LogP contribution < -0.4 is 15.4 Å². The van der Waals surface area contributed by atoms with Crippen LogP contribution in [0.3, 0.4) is 0 Å². The molecular weight excluding hydrogens is 276 g/mol. The fourth-order valence-corrected chi connectivity index (χ4v) is 1.93. The van der Waals surface area contributed by atoms with Crippen LogP contribution in [0.25, 0.3) is 0 Å². The molecule has 0 aromatic heterocycles. The van der Waals surface area contributed by atoms with Crippen molar-refractivity contribution in [2.75, 3.05) is 13.2 Å². The van der Waals surface area contributed by atoms with Crippen molar-refractivity contribution in [1.82, 2.24) is 10.6 Å². The third-order valence-corrected chi connectivity index (χ3v) is 3.04. The molecule has 0 atom stereocenters. The van der Waals surface area contributed by atoms with Crippen molar-refractivity contribution >= 4 is 5.91 Å². The van der Waals surface area contributed by atoms with Gasteiger partial charge in [-0.3, -0.25) is 4.79 Å². The van der Waals surface area contributed by atoms with Crippen LogP contribution in [0.1, 0.15) is 46.6 Å². The number of hydrogen-bond donors (Lipinski definition) is 2. The zero-order valence-corrected chi connectivity index (χ0v) is 14.5. The summed E-state index contributed by atoms with van der Waals surface area (Å²) < 4.78 is 5.49. The monoisotopic (exact) mass is 306 g/mol. The minimum absolute atomic E-state index is 0.0449. The average Bonchev–Trinajstić information content (AvgIpc) is 2.40. The Morgan fingerprint density at radius 2 is 1.82 bits per heavy atom. The molecule has 124 valence electrons. The lowest BCUT2D eigenvalue weighted by molar-refractivity contribution is -0.124. The Bertz CT molecular complexity index is 447. The first kappa shape index (κ1) is 18.5. The van der Waals surface area contributed by atoms with Crippen molar-refractivity contribution in [3.63, 3.8) is 0 Å². The van der Waals surface area contributed by atoms with Gasteiger partial charge in [0.25, 0.3) is 5.91 Å². The van der Waals surface area contributed by atoms with Gasteiger partial charge in [-0.1, -0.05) is 26.0 Å². The van der Waals surface area contributed by atoms with Gasteiger partial charge in [0.15, 0.2) is 6.61 Å². The van der Waals surface area contributed by atoms with Gasteiger partial charge in [0.2, 0.25) is 0 Å². The van der Waals surface area contributed by atoms with Gasteiger partial charge in [-0.25, -0.2) is 0 Å². The highest BCUT2D eigenvalue weighted by atomic mass is 16.5. The fraction of sp³-hybridized carbons (Fsp3) is 0.611. The van der Waals surface area contributed by atoms with Gasteiger partial charge in [-0.15, -0.1) is 0 Å². The molecular formula is C18H30N2O2. The van der Waals surface area contributed by atoms with Crippen LogP contribution >= 0.6 is 0 Å². The highest BCUT2D eigenvalue weighted by molar-refractivity contribution is 5.78. The van der Waals surface area contributed by atoms with Crippen LogP contribution in [0.4, 0.5) is 0 Å². The average molecular weight is 306 g/mol. The maximum Gasteiger partial charge on any atom is 0.258 e. The summed E-state index contributed by atoms with van der Waals surface area (Å²) in [6.45, 7) is 12.2. The first-order valence-electron chi connectivity index (χ1n) is 8.00. The van der Waals surface area contributed by atoms with Crippen molar-refractivity contribution in [2.45, 2.75) is 53.1 Å². The molecule has 0 aliphatic heterocycles. The van der Waals surface area contributed by atoms with E-state index in [-0.39, 0.29) is 18.1 Å². The van der Waals surface area contributed by atoms with Crippen molar-refractivity contribution < 1.29 is 9.53 Å². The molecule has 0 spiro atoms. The van der Waals surface area contributed by atoms with Crippen molar-refractivity contribution in [3.05, 3.63) is 29.8 Å². The molecule has 4 nitrogen and oxygen atoms in total. The van der Waals surface area contributed by atoms with Crippen molar-refractivity contribution in [3.8, 4) is 5.75 Å². The fourth-order valence-electron chi connectivity index (χ4n) is 1.93. The Morgan fingerprint density at radius 1 is 1.18 bits per heavy atom. The van der Waals surface area contributed by atoms with E-state index in [4.69, 9.17) is 4.74 Å². The maximum absolute atomic E-state index is 11.7. The van der Waals surface area contributed by atoms with Crippen LogP contribution in [-0.4, -0.2) is 24.6 Å². The van der Waals surface area contributed by atoms with E-state index in [9.17, 15) is 4.79 Å². The third-order valence-electron chi connectivity index (χ3n) is 3.04. The Balaban J connectivity index is 2.31. The van der Waals surface area contributed by atoms with Crippen LogP contribution in [0.2, 0.25) is 0 Å². The minimum atomic E-state index is -0.230. The summed E-state index contributed by atoms with van der Waals surface area (Å²) in [4.78, 5) is 11.7. The van der Waals surface area contributed by atoms with Gasteiger partial charge >= 0.3 is 0 Å². The van der Waals surface area contributed by atoms with Gasteiger partial charge in [-0.05, 0) is 57.4 Å². The number of carbonyl (C=O) groups is 1. The Kier molecular flexibility index (Phi) is 7.39. The highest BCUT2D eigenvalue weighted by Gasteiger charge is 2.13. The zero-order valence-electron chi connectivity index (χ0n) is 14.5. The topological polar surface area (TPSA) is 50.4 Å². The second-order valence-electron chi connectivity index (χ2n) is 7.09. The standard InChI is InChI=1S/C18H30N2O2/c1-14(2)10-11-19-12-15-6-8-16(9-7-15)22-13-17(21)20-18(3,4)5/h6-9,14,19H,10-13H2,1-5H3,(H,20,21). The number of nitrogens with one attached hydrogen (secondary N) is 2. The van der Waals surface area contributed by atoms with E-state index in [1.807, 2.05) is 45.0 Å². The van der Waals surface area contributed by atoms with Crippen molar-refractivity contribution in [1.29, 1.82) is 0 Å². The molecule has 1 rings (SSSR count). The summed E-state index contributed by atoms with van der Waals surface area (Å²) in [7, 11) is 0. The molecule has 22 heavy (non-hydrogen) atoms. The quantitative estimate of drug-likeness (QED) is 0.726. The summed E-state index contributed by atoms with van der Waals surface area (Å²) in [6, 6.07) is 7.87. The summed E-state index contributed by atoms with van der Waals surface area (Å²) in [5.74, 6) is 1.34. The second kappa shape index (κ2) is 8.79. The van der Waals surface area contributed by atoms with Gasteiger partial charge in [0, 0.05) is 12.1 Å². The molecule has 1 aromatic carbocycles. The molecule has 0 radical (unpaired) electrons. The van der Waals surface area contributed by atoms with Gasteiger partial charge < -0.3 is 15.4 Å².